The van der Waals surface area contributed by atoms with E-state index in [1.54, 1.807) is 20.5 Å². The van der Waals surface area contributed by atoms with Gasteiger partial charge >= 0.3 is 0 Å². The Morgan fingerprint density at radius 1 is 1.12 bits per heavy atom. The normalized spacial score (nSPS) is 12.1. The zero-order chi connectivity index (χ0) is 30.2. The van der Waals surface area contributed by atoms with Crippen molar-refractivity contribution in [2.75, 3.05) is 31.0 Å². The van der Waals surface area contributed by atoms with Crippen LogP contribution in [0.4, 0.5) is 23.0 Å². The molecule has 43 heavy (non-hydrogen) atoms. The van der Waals surface area contributed by atoms with E-state index in [0.717, 1.165) is 39.5 Å². The molecule has 0 aliphatic carbocycles. The Balaban J connectivity index is 1.39. The van der Waals surface area contributed by atoms with Gasteiger partial charge in [0.2, 0.25) is 0 Å². The van der Waals surface area contributed by atoms with Gasteiger partial charge in [0.25, 0.3) is 5.91 Å². The molecule has 0 saturated carbocycles. The third kappa shape index (κ3) is 4.93. The quantitative estimate of drug-likeness (QED) is 0.251. The molecule has 0 unspecified atom stereocenters. The third-order valence-electron chi connectivity index (χ3n) is 7.81. The van der Waals surface area contributed by atoms with Crippen molar-refractivity contribution in [2.24, 2.45) is 0 Å². The average Bonchev–Trinajstić information content (AvgIpc) is 3.73. The summed E-state index contributed by atoms with van der Waals surface area (Å²) in [6.07, 6.45) is 7.63. The highest BCUT2D eigenvalue weighted by Crippen LogP contribution is 2.44. The number of anilines is 4. The molecule has 5 heterocycles. The Kier molecular flexibility index (Phi) is 7.45. The Morgan fingerprint density at radius 2 is 1.95 bits per heavy atom. The summed E-state index contributed by atoms with van der Waals surface area (Å²) < 4.78 is 20.2. The van der Waals surface area contributed by atoms with E-state index in [0.29, 0.717) is 60.4 Å². The number of aromatic nitrogens is 6. The Hall–Kier alpha value is -4.97. The van der Waals surface area contributed by atoms with E-state index in [1.165, 1.54) is 12.7 Å². The molecular formula is C31H34N8O4. The van der Waals surface area contributed by atoms with Gasteiger partial charge in [-0.2, -0.15) is 10.1 Å². The first-order valence-corrected chi connectivity index (χ1v) is 14.0. The van der Waals surface area contributed by atoms with Crippen LogP contribution in [0.2, 0.25) is 0 Å². The van der Waals surface area contributed by atoms with Crippen LogP contribution in [0.5, 0.6) is 5.75 Å². The molecule has 1 aliphatic rings. The largest absolute Gasteiger partial charge is 0.494 e. The maximum atomic E-state index is 13.6. The minimum Gasteiger partial charge on any atom is -0.494 e. The molecule has 1 aromatic carbocycles. The van der Waals surface area contributed by atoms with Crippen LogP contribution < -0.4 is 15.0 Å². The Bertz CT molecular complexity index is 1800. The van der Waals surface area contributed by atoms with Crippen molar-refractivity contribution in [1.29, 1.82) is 0 Å². The lowest BCUT2D eigenvalue weighted by Gasteiger charge is -2.29. The summed E-state index contributed by atoms with van der Waals surface area (Å²) in [5, 5.41) is 7.66. The maximum absolute atomic E-state index is 13.6. The topological polar surface area (TPSA) is 125 Å². The van der Waals surface area contributed by atoms with Crippen LogP contribution in [0, 0.1) is 27.7 Å². The predicted molar refractivity (Wildman–Crippen MR) is 161 cm³/mol. The summed E-state index contributed by atoms with van der Waals surface area (Å²) in [5.41, 5.74) is 7.62. The number of carbonyl (C=O) groups is 1. The number of amides is 1. The number of aryl methyl sites for hydroxylation is 3. The van der Waals surface area contributed by atoms with Gasteiger partial charge in [-0.3, -0.25) is 14.4 Å². The zero-order valence-electron chi connectivity index (χ0n) is 25.1. The molecule has 0 saturated heterocycles. The molecule has 0 radical (unpaired) electrons. The van der Waals surface area contributed by atoms with E-state index in [9.17, 15) is 4.79 Å². The van der Waals surface area contributed by atoms with Crippen LogP contribution in [0.25, 0.3) is 5.82 Å². The molecule has 1 N–H and O–H groups in total. The minimum atomic E-state index is -0.187. The standard InChI is InChI=1S/C31H34N8O4/c1-18-13-19(2)28(42-6)25(14-18)39(26-15-43-17-34-26)30-23-7-8-24-22(9-10-37(24)29(23)32-16-33-30)31(40)35-27-20(3)36-38(21(27)4)11-12-41-5/h9-10,13-17H,7-8,11-12H2,1-6H3,(H,35,40). The van der Waals surface area contributed by atoms with Crippen molar-refractivity contribution in [3.63, 3.8) is 0 Å². The van der Waals surface area contributed by atoms with E-state index in [-0.39, 0.29) is 5.91 Å². The molecule has 12 nitrogen and oxygen atoms in total. The van der Waals surface area contributed by atoms with Gasteiger partial charge < -0.3 is 23.8 Å². The second-order valence-corrected chi connectivity index (χ2v) is 10.6. The predicted octanol–water partition coefficient (Wildman–Crippen LogP) is 5.16. The van der Waals surface area contributed by atoms with Gasteiger partial charge in [0, 0.05) is 24.6 Å². The number of ether oxygens (including phenoxy) is 2. The fraction of sp³-hybridized carbons (Fsp3) is 0.323. The second kappa shape index (κ2) is 11.4. The summed E-state index contributed by atoms with van der Waals surface area (Å²) in [6, 6.07) is 5.96. The van der Waals surface area contributed by atoms with Crippen LogP contribution in [-0.2, 0) is 24.1 Å². The average molecular weight is 583 g/mol. The number of hydrogen-bond donors (Lipinski definition) is 1. The second-order valence-electron chi connectivity index (χ2n) is 10.6. The lowest BCUT2D eigenvalue weighted by atomic mass is 10.0. The minimum absolute atomic E-state index is 0.187. The highest BCUT2D eigenvalue weighted by molar-refractivity contribution is 6.06. The number of nitrogens with zero attached hydrogens (tertiary/aromatic N) is 7. The number of nitrogens with one attached hydrogen (secondary N) is 1. The molecule has 0 spiro atoms. The van der Waals surface area contributed by atoms with Crippen molar-refractivity contribution in [3.05, 3.63) is 82.7 Å². The highest BCUT2D eigenvalue weighted by atomic mass is 16.5. The number of carbonyl (C=O) groups excluding carboxylic acids is 1. The maximum Gasteiger partial charge on any atom is 0.257 e. The fourth-order valence-corrected chi connectivity index (χ4v) is 5.87. The van der Waals surface area contributed by atoms with Crippen LogP contribution in [0.3, 0.4) is 0 Å². The number of fused-ring (bicyclic) bond motifs is 3. The van der Waals surface area contributed by atoms with Gasteiger partial charge in [-0.1, -0.05) is 6.07 Å². The lowest BCUT2D eigenvalue weighted by molar-refractivity contribution is 0.102. The first-order chi connectivity index (χ1) is 20.8. The Labute approximate surface area is 249 Å². The molecule has 1 amide bonds. The summed E-state index contributed by atoms with van der Waals surface area (Å²) >= 11 is 0. The van der Waals surface area contributed by atoms with E-state index in [1.807, 2.05) is 60.2 Å². The van der Waals surface area contributed by atoms with Crippen molar-refractivity contribution in [1.82, 2.24) is 29.3 Å². The smallest absolute Gasteiger partial charge is 0.257 e. The summed E-state index contributed by atoms with van der Waals surface area (Å²) in [7, 11) is 3.31. The van der Waals surface area contributed by atoms with Crippen molar-refractivity contribution < 1.29 is 18.7 Å². The molecule has 0 fully saturated rings. The molecule has 6 rings (SSSR count). The van der Waals surface area contributed by atoms with Crippen LogP contribution in [0.1, 0.15) is 44.1 Å². The number of methoxy groups -OCH3 is 2. The summed E-state index contributed by atoms with van der Waals surface area (Å²) in [6.45, 7) is 9.03. The molecular weight excluding hydrogens is 548 g/mol. The number of rotatable bonds is 9. The highest BCUT2D eigenvalue weighted by Gasteiger charge is 2.30. The summed E-state index contributed by atoms with van der Waals surface area (Å²) in [4.78, 5) is 29.4. The first-order valence-electron chi connectivity index (χ1n) is 14.0. The Morgan fingerprint density at radius 3 is 2.70 bits per heavy atom. The number of oxazole rings is 1. The monoisotopic (exact) mass is 582 g/mol. The van der Waals surface area contributed by atoms with E-state index >= 15 is 0 Å². The van der Waals surface area contributed by atoms with E-state index < -0.39 is 0 Å². The van der Waals surface area contributed by atoms with E-state index in [4.69, 9.17) is 18.9 Å². The van der Waals surface area contributed by atoms with Gasteiger partial charge in [0.1, 0.15) is 30.0 Å². The van der Waals surface area contributed by atoms with Gasteiger partial charge in [0.15, 0.2) is 12.2 Å². The van der Waals surface area contributed by atoms with Crippen LogP contribution >= 0.6 is 0 Å². The number of benzene rings is 1. The first kappa shape index (κ1) is 28.2. The third-order valence-corrected chi connectivity index (χ3v) is 7.81. The van der Waals surface area contributed by atoms with Crippen LogP contribution in [0.15, 0.2) is 47.8 Å². The zero-order valence-corrected chi connectivity index (χ0v) is 25.1. The fourth-order valence-electron chi connectivity index (χ4n) is 5.87. The van der Waals surface area contributed by atoms with Gasteiger partial charge in [-0.05, 0) is 63.8 Å². The molecule has 222 valence electrons. The number of hydrogen-bond acceptors (Lipinski definition) is 9. The van der Waals surface area contributed by atoms with Crippen molar-refractivity contribution in [3.8, 4) is 11.6 Å². The van der Waals surface area contributed by atoms with Gasteiger partial charge in [-0.15, -0.1) is 0 Å². The van der Waals surface area contributed by atoms with Crippen molar-refractivity contribution >= 4 is 28.9 Å². The molecule has 0 atom stereocenters. The molecule has 12 heteroatoms. The van der Waals surface area contributed by atoms with Crippen LogP contribution in [-0.4, -0.2) is 56.0 Å². The SMILES string of the molecule is COCCn1nc(C)c(NC(=O)c2ccn3c2CCc2c(N(c4cocn4)c4cc(C)cc(C)c4OC)ncnc2-3)c1C. The van der Waals surface area contributed by atoms with Gasteiger partial charge in [0.05, 0.1) is 48.6 Å². The van der Waals surface area contributed by atoms with Gasteiger partial charge in [-0.25, -0.2) is 9.97 Å². The van der Waals surface area contributed by atoms with Crippen molar-refractivity contribution in [2.45, 2.75) is 47.1 Å². The van der Waals surface area contributed by atoms with E-state index in [2.05, 4.69) is 26.4 Å². The molecule has 1 aliphatic heterocycles. The summed E-state index contributed by atoms with van der Waals surface area (Å²) in [5.74, 6) is 2.48. The molecule has 5 aromatic rings. The molecule has 0 bridgehead atoms. The lowest BCUT2D eigenvalue weighted by Crippen LogP contribution is -2.23. The molecule has 4 aromatic heterocycles.